The Morgan fingerprint density at radius 3 is 2.77 bits per heavy atom. The minimum atomic E-state index is -0.860. The van der Waals surface area contributed by atoms with Gasteiger partial charge in [-0.3, -0.25) is 4.79 Å². The lowest BCUT2D eigenvalue weighted by atomic mass is 10.0. The van der Waals surface area contributed by atoms with Crippen molar-refractivity contribution in [2.45, 2.75) is 65.0 Å². The number of allylic oxidation sites excluding steroid dienone is 2. The number of carboxylic acids is 1. The SMILES string of the molecule is C/C(=C(/Cn1cc(CC2CCCC2)nn1)N(C)N)c1ccc(O[C@H]2COC[C@H](C(=O)O)C2)c(C)n1. The monoisotopic (exact) mass is 484 g/mol. The van der Waals surface area contributed by atoms with Crippen LogP contribution >= 0.6 is 0 Å². The van der Waals surface area contributed by atoms with Crippen LogP contribution in [-0.4, -0.2) is 62.4 Å². The summed E-state index contributed by atoms with van der Waals surface area (Å²) in [6.45, 7) is 4.95. The molecule has 0 amide bonds. The highest BCUT2D eigenvalue weighted by Gasteiger charge is 2.29. The van der Waals surface area contributed by atoms with E-state index in [2.05, 4.69) is 10.3 Å². The Morgan fingerprint density at radius 2 is 2.09 bits per heavy atom. The highest BCUT2D eigenvalue weighted by Crippen LogP contribution is 2.28. The van der Waals surface area contributed by atoms with Gasteiger partial charge < -0.3 is 19.6 Å². The summed E-state index contributed by atoms with van der Waals surface area (Å²) in [7, 11) is 1.81. The smallest absolute Gasteiger partial charge is 0.308 e. The average molecular weight is 485 g/mol. The van der Waals surface area contributed by atoms with E-state index in [-0.39, 0.29) is 12.7 Å². The lowest BCUT2D eigenvalue weighted by molar-refractivity contribution is -0.149. The Morgan fingerprint density at radius 1 is 1.31 bits per heavy atom. The number of likely N-dealkylation sites (N-methyl/N-ethyl adjacent to an activating group) is 1. The quantitative estimate of drug-likeness (QED) is 0.408. The number of carbonyl (C=O) groups is 1. The minimum Gasteiger partial charge on any atom is -0.486 e. The highest BCUT2D eigenvalue weighted by molar-refractivity contribution is 5.70. The van der Waals surface area contributed by atoms with Crippen molar-refractivity contribution in [3.05, 3.63) is 41.1 Å². The van der Waals surface area contributed by atoms with Gasteiger partial charge >= 0.3 is 5.97 Å². The molecule has 10 heteroatoms. The highest BCUT2D eigenvalue weighted by atomic mass is 16.5. The molecule has 2 aromatic rings. The molecular weight excluding hydrogens is 448 g/mol. The van der Waals surface area contributed by atoms with Gasteiger partial charge in [0.25, 0.3) is 0 Å². The molecule has 0 aromatic carbocycles. The number of aromatic nitrogens is 4. The molecule has 0 spiro atoms. The van der Waals surface area contributed by atoms with Crippen molar-refractivity contribution in [2.75, 3.05) is 20.3 Å². The number of rotatable bonds is 9. The van der Waals surface area contributed by atoms with Gasteiger partial charge in [0.05, 0.1) is 48.5 Å². The number of carboxylic acid groups (broad SMARTS) is 1. The van der Waals surface area contributed by atoms with Gasteiger partial charge in [-0.1, -0.05) is 30.9 Å². The van der Waals surface area contributed by atoms with Gasteiger partial charge in [0, 0.05) is 19.7 Å². The van der Waals surface area contributed by atoms with E-state index in [1.807, 2.05) is 43.9 Å². The van der Waals surface area contributed by atoms with Crippen LogP contribution in [0.2, 0.25) is 0 Å². The zero-order chi connectivity index (χ0) is 24.9. The molecule has 2 aromatic heterocycles. The molecule has 1 aliphatic carbocycles. The van der Waals surface area contributed by atoms with E-state index >= 15 is 0 Å². The molecule has 0 bridgehead atoms. The van der Waals surface area contributed by atoms with E-state index in [9.17, 15) is 9.90 Å². The number of hydrogen-bond donors (Lipinski definition) is 2. The first-order valence-electron chi connectivity index (χ1n) is 12.3. The summed E-state index contributed by atoms with van der Waals surface area (Å²) in [5, 5.41) is 19.6. The second kappa shape index (κ2) is 11.2. The van der Waals surface area contributed by atoms with Gasteiger partial charge in [0.15, 0.2) is 0 Å². The summed E-state index contributed by atoms with van der Waals surface area (Å²) < 4.78 is 13.3. The van der Waals surface area contributed by atoms with Gasteiger partial charge in [0.2, 0.25) is 0 Å². The van der Waals surface area contributed by atoms with E-state index in [0.29, 0.717) is 25.3 Å². The van der Waals surface area contributed by atoms with Crippen molar-refractivity contribution in [3.8, 4) is 5.75 Å². The third kappa shape index (κ3) is 6.37. The van der Waals surface area contributed by atoms with Crippen molar-refractivity contribution in [2.24, 2.45) is 17.7 Å². The predicted octanol–water partition coefficient (Wildman–Crippen LogP) is 2.82. The van der Waals surface area contributed by atoms with E-state index in [1.165, 1.54) is 25.7 Å². The molecular formula is C25H36N6O4. The van der Waals surface area contributed by atoms with Crippen LogP contribution in [0.25, 0.3) is 5.57 Å². The Kier molecular flexibility index (Phi) is 8.02. The van der Waals surface area contributed by atoms with E-state index in [1.54, 1.807) is 5.01 Å². The molecule has 10 nitrogen and oxygen atoms in total. The number of aliphatic carboxylic acids is 1. The molecule has 1 aliphatic heterocycles. The normalized spacial score (nSPS) is 21.6. The fourth-order valence-corrected chi connectivity index (χ4v) is 4.93. The van der Waals surface area contributed by atoms with Crippen LogP contribution in [-0.2, 0) is 22.5 Å². The van der Waals surface area contributed by atoms with Crippen molar-refractivity contribution in [1.82, 2.24) is 25.0 Å². The van der Waals surface area contributed by atoms with Crippen molar-refractivity contribution < 1.29 is 19.4 Å². The van der Waals surface area contributed by atoms with Gasteiger partial charge in [-0.25, -0.2) is 15.5 Å². The molecule has 0 unspecified atom stereocenters. The lowest BCUT2D eigenvalue weighted by Crippen LogP contribution is -2.37. The lowest BCUT2D eigenvalue weighted by Gasteiger charge is -2.28. The molecule has 1 saturated carbocycles. The first-order chi connectivity index (χ1) is 16.8. The number of ether oxygens (including phenoxy) is 2. The average Bonchev–Trinajstić information content (AvgIpc) is 3.51. The first kappa shape index (κ1) is 25.1. The zero-order valence-electron chi connectivity index (χ0n) is 20.8. The predicted molar refractivity (Wildman–Crippen MR) is 130 cm³/mol. The molecule has 3 heterocycles. The van der Waals surface area contributed by atoms with Crippen molar-refractivity contribution in [3.63, 3.8) is 0 Å². The van der Waals surface area contributed by atoms with Crippen LogP contribution in [0.4, 0.5) is 0 Å². The van der Waals surface area contributed by atoms with Crippen LogP contribution < -0.4 is 10.6 Å². The Bertz CT molecular complexity index is 1060. The second-order valence-electron chi connectivity index (χ2n) is 9.77. The van der Waals surface area contributed by atoms with Crippen LogP contribution in [0.15, 0.2) is 24.0 Å². The third-order valence-corrected chi connectivity index (χ3v) is 6.96. The molecule has 2 fully saturated rings. The van der Waals surface area contributed by atoms with Gasteiger partial charge in [-0.05, 0) is 43.9 Å². The Hall–Kier alpha value is -2.98. The van der Waals surface area contributed by atoms with Crippen molar-refractivity contribution in [1.29, 1.82) is 0 Å². The number of nitrogens with zero attached hydrogens (tertiary/aromatic N) is 5. The molecule has 3 N–H and O–H groups in total. The maximum atomic E-state index is 11.3. The van der Waals surface area contributed by atoms with Gasteiger partial charge in [0.1, 0.15) is 11.9 Å². The van der Waals surface area contributed by atoms with E-state index in [0.717, 1.165) is 40.7 Å². The maximum Gasteiger partial charge on any atom is 0.308 e. The first-order valence-corrected chi connectivity index (χ1v) is 12.3. The summed E-state index contributed by atoms with van der Waals surface area (Å²) >= 11 is 0. The number of hydrazine groups is 1. The molecule has 35 heavy (non-hydrogen) atoms. The van der Waals surface area contributed by atoms with Crippen LogP contribution in [0.5, 0.6) is 5.75 Å². The topological polar surface area (TPSA) is 129 Å². The standard InChI is InChI=1S/C25H36N6O4/c1-16(23(30(3)26)13-31-12-20(28-29-31)10-18-6-4-5-7-18)22-8-9-24(17(2)27-22)35-21-11-19(25(32)33)14-34-15-21/h8-9,12,18-19,21H,4-7,10-11,13-15,26H2,1-3H3,(H,32,33)/b23-16+/t19-,21-/m1/s1. The van der Waals surface area contributed by atoms with Crippen LogP contribution in [0.3, 0.4) is 0 Å². The number of pyridine rings is 1. The van der Waals surface area contributed by atoms with Gasteiger partial charge in [-0.15, -0.1) is 5.10 Å². The molecule has 0 radical (unpaired) electrons. The van der Waals surface area contributed by atoms with E-state index in [4.69, 9.17) is 20.3 Å². The second-order valence-corrected chi connectivity index (χ2v) is 9.77. The Balaban J connectivity index is 1.46. The third-order valence-electron chi connectivity index (χ3n) is 6.96. The number of nitrogens with two attached hydrogens (primary N) is 1. The minimum absolute atomic E-state index is 0.221. The summed E-state index contributed by atoms with van der Waals surface area (Å²) in [5.41, 5.74) is 4.35. The van der Waals surface area contributed by atoms with Gasteiger partial charge in [-0.2, -0.15) is 0 Å². The van der Waals surface area contributed by atoms with E-state index < -0.39 is 11.9 Å². The fraction of sp³-hybridized carbons (Fsp3) is 0.600. The summed E-state index contributed by atoms with van der Waals surface area (Å²) in [6.07, 6.45) is 8.29. The number of hydrogen-bond acceptors (Lipinski definition) is 8. The van der Waals surface area contributed by atoms with Crippen LogP contribution in [0, 0.1) is 18.8 Å². The summed E-state index contributed by atoms with van der Waals surface area (Å²) in [4.78, 5) is 16.0. The molecule has 4 rings (SSSR count). The number of aryl methyl sites for hydroxylation is 1. The zero-order valence-corrected chi connectivity index (χ0v) is 20.8. The fourth-order valence-electron chi connectivity index (χ4n) is 4.93. The van der Waals surface area contributed by atoms with Crippen molar-refractivity contribution >= 4 is 11.5 Å². The molecule has 1 saturated heterocycles. The Labute approximate surface area is 206 Å². The molecule has 2 atom stereocenters. The summed E-state index contributed by atoms with van der Waals surface area (Å²) in [6, 6.07) is 3.77. The molecule has 190 valence electrons. The molecule has 2 aliphatic rings. The summed E-state index contributed by atoms with van der Waals surface area (Å²) in [5.74, 6) is 6.12. The largest absolute Gasteiger partial charge is 0.486 e. The maximum absolute atomic E-state index is 11.3. The van der Waals surface area contributed by atoms with Crippen LogP contribution in [0.1, 0.15) is 56.1 Å².